The molecule has 1 unspecified atom stereocenters. The zero-order chi connectivity index (χ0) is 8.91. The first-order valence-electron chi connectivity index (χ1n) is 3.32. The molecule has 0 bridgehead atoms. The fraction of sp³-hybridized carbons (Fsp3) is 0.833. The molecule has 1 N–H and O–H groups in total. The second kappa shape index (κ2) is 4.52. The van der Waals surface area contributed by atoms with Crippen molar-refractivity contribution in [2.24, 2.45) is 0 Å². The highest BCUT2D eigenvalue weighted by Gasteiger charge is 2.10. The number of hydrogen-bond acceptors (Lipinski definition) is 3. The summed E-state index contributed by atoms with van der Waals surface area (Å²) in [6.45, 7) is 1.28. The van der Waals surface area contributed by atoms with Gasteiger partial charge in [-0.25, -0.2) is 0 Å². The maximum absolute atomic E-state index is 10.7. The number of rotatable bonds is 4. The van der Waals surface area contributed by atoms with Gasteiger partial charge in [0.2, 0.25) is 0 Å². The number of carbonyl (C=O) groups excluding carboxylic acids is 1. The van der Waals surface area contributed by atoms with E-state index in [-0.39, 0.29) is 18.6 Å². The first kappa shape index (κ1) is 10.7. The van der Waals surface area contributed by atoms with Crippen molar-refractivity contribution in [3.05, 3.63) is 0 Å². The highest BCUT2D eigenvalue weighted by atomic mass is 31.2. The number of carbonyl (C=O) groups is 1. The van der Waals surface area contributed by atoms with Crippen LogP contribution in [0.2, 0.25) is 0 Å². The van der Waals surface area contributed by atoms with Gasteiger partial charge in [0.15, 0.2) is 7.37 Å². The Morgan fingerprint density at radius 2 is 2.18 bits per heavy atom. The molecule has 5 heteroatoms. The second-order valence-electron chi connectivity index (χ2n) is 2.45. The fourth-order valence-electron chi connectivity index (χ4n) is 0.619. The third-order valence-corrected chi connectivity index (χ3v) is 2.33. The summed E-state index contributed by atoms with van der Waals surface area (Å²) in [7, 11) is -1.64. The topological polar surface area (TPSA) is 63.6 Å². The molecule has 0 saturated heterocycles. The van der Waals surface area contributed by atoms with Gasteiger partial charge in [0, 0.05) is 19.2 Å². The molecule has 0 aliphatic heterocycles. The van der Waals surface area contributed by atoms with Crippen LogP contribution < -0.4 is 0 Å². The molecule has 4 nitrogen and oxygen atoms in total. The summed E-state index contributed by atoms with van der Waals surface area (Å²) in [5.74, 6) is -0.335. The predicted molar refractivity (Wildman–Crippen MR) is 41.9 cm³/mol. The summed E-state index contributed by atoms with van der Waals surface area (Å²) in [5, 5.41) is 0. The maximum atomic E-state index is 10.7. The molecule has 0 aliphatic carbocycles. The standard InChI is InChI=1S/C6H13O4P/c1-10-6(7)4-3-5-11(2,8)9/h3-5H2,1-2H3,(H,8,9). The van der Waals surface area contributed by atoms with E-state index in [1.54, 1.807) is 0 Å². The van der Waals surface area contributed by atoms with Gasteiger partial charge in [-0.2, -0.15) is 0 Å². The van der Waals surface area contributed by atoms with E-state index in [9.17, 15) is 9.36 Å². The van der Waals surface area contributed by atoms with Crippen molar-refractivity contribution in [1.82, 2.24) is 0 Å². The van der Waals surface area contributed by atoms with Crippen molar-refractivity contribution in [1.29, 1.82) is 0 Å². The van der Waals surface area contributed by atoms with E-state index in [1.165, 1.54) is 13.8 Å². The van der Waals surface area contributed by atoms with Crippen molar-refractivity contribution < 1.29 is 19.0 Å². The Morgan fingerprint density at radius 1 is 1.64 bits per heavy atom. The van der Waals surface area contributed by atoms with Crippen LogP contribution in [0.15, 0.2) is 0 Å². The normalized spacial score (nSPS) is 15.5. The van der Waals surface area contributed by atoms with Crippen LogP contribution in [0.1, 0.15) is 12.8 Å². The van der Waals surface area contributed by atoms with Crippen LogP contribution in [0.5, 0.6) is 0 Å². The van der Waals surface area contributed by atoms with Gasteiger partial charge in [0.1, 0.15) is 0 Å². The Hall–Kier alpha value is -0.340. The van der Waals surface area contributed by atoms with Gasteiger partial charge < -0.3 is 9.63 Å². The quantitative estimate of drug-likeness (QED) is 0.514. The van der Waals surface area contributed by atoms with Crippen LogP contribution in [0, 0.1) is 0 Å². The maximum Gasteiger partial charge on any atom is 0.305 e. The molecular weight excluding hydrogens is 167 g/mol. The molecule has 0 fully saturated rings. The second-order valence-corrected chi connectivity index (χ2v) is 5.00. The molecule has 0 aliphatic rings. The van der Waals surface area contributed by atoms with E-state index < -0.39 is 7.37 Å². The molecule has 0 heterocycles. The molecule has 11 heavy (non-hydrogen) atoms. The summed E-state index contributed by atoms with van der Waals surface area (Å²) >= 11 is 0. The van der Waals surface area contributed by atoms with Crippen LogP contribution in [0.4, 0.5) is 0 Å². The summed E-state index contributed by atoms with van der Waals surface area (Å²) in [5.41, 5.74) is 0. The zero-order valence-electron chi connectivity index (χ0n) is 6.74. The van der Waals surface area contributed by atoms with Crippen LogP contribution in [-0.4, -0.2) is 30.8 Å². The number of methoxy groups -OCH3 is 1. The lowest BCUT2D eigenvalue weighted by Gasteiger charge is -2.02. The Bertz CT molecular complexity index is 171. The summed E-state index contributed by atoms with van der Waals surface area (Å²) in [4.78, 5) is 19.3. The van der Waals surface area contributed by atoms with Gasteiger partial charge in [-0.05, 0) is 6.42 Å². The molecule has 0 rings (SSSR count). The Morgan fingerprint density at radius 3 is 2.55 bits per heavy atom. The van der Waals surface area contributed by atoms with Gasteiger partial charge in [0.25, 0.3) is 0 Å². The Kier molecular flexibility index (Phi) is 4.38. The molecule has 0 spiro atoms. The van der Waals surface area contributed by atoms with Crippen molar-refractivity contribution in [3.8, 4) is 0 Å². The van der Waals surface area contributed by atoms with Gasteiger partial charge in [-0.15, -0.1) is 0 Å². The molecule has 0 amide bonds. The SMILES string of the molecule is COC(=O)CCCP(C)(=O)O. The van der Waals surface area contributed by atoms with Crippen molar-refractivity contribution in [2.75, 3.05) is 19.9 Å². The van der Waals surface area contributed by atoms with E-state index >= 15 is 0 Å². The summed E-state index contributed by atoms with van der Waals surface area (Å²) in [6, 6.07) is 0. The first-order chi connectivity index (χ1) is 4.95. The summed E-state index contributed by atoms with van der Waals surface area (Å²) < 4.78 is 15.0. The minimum absolute atomic E-state index is 0.183. The van der Waals surface area contributed by atoms with Gasteiger partial charge in [0.05, 0.1) is 7.11 Å². The van der Waals surface area contributed by atoms with Crippen molar-refractivity contribution in [3.63, 3.8) is 0 Å². The first-order valence-corrected chi connectivity index (χ1v) is 5.61. The largest absolute Gasteiger partial charge is 0.469 e. The molecular formula is C6H13O4P. The minimum Gasteiger partial charge on any atom is -0.469 e. The van der Waals surface area contributed by atoms with E-state index in [1.807, 2.05) is 0 Å². The predicted octanol–water partition coefficient (Wildman–Crippen LogP) is 0.840. The van der Waals surface area contributed by atoms with Crippen LogP contribution in [0.25, 0.3) is 0 Å². The molecule has 1 atom stereocenters. The van der Waals surface area contributed by atoms with Crippen molar-refractivity contribution in [2.45, 2.75) is 12.8 Å². The number of hydrogen-bond donors (Lipinski definition) is 1. The van der Waals surface area contributed by atoms with Crippen LogP contribution >= 0.6 is 7.37 Å². The van der Waals surface area contributed by atoms with E-state index in [0.29, 0.717) is 6.42 Å². The fourth-order valence-corrected chi connectivity index (χ4v) is 1.36. The number of esters is 1. The van der Waals surface area contributed by atoms with E-state index in [4.69, 9.17) is 4.89 Å². The zero-order valence-corrected chi connectivity index (χ0v) is 7.63. The smallest absolute Gasteiger partial charge is 0.305 e. The molecule has 66 valence electrons. The van der Waals surface area contributed by atoms with E-state index in [2.05, 4.69) is 4.74 Å². The van der Waals surface area contributed by atoms with Crippen molar-refractivity contribution >= 4 is 13.3 Å². The van der Waals surface area contributed by atoms with Gasteiger partial charge >= 0.3 is 5.97 Å². The van der Waals surface area contributed by atoms with Gasteiger partial charge in [-0.3, -0.25) is 9.36 Å². The third-order valence-electron chi connectivity index (χ3n) is 1.18. The lowest BCUT2D eigenvalue weighted by molar-refractivity contribution is -0.140. The van der Waals surface area contributed by atoms with Crippen LogP contribution in [0.3, 0.4) is 0 Å². The monoisotopic (exact) mass is 180 g/mol. The summed E-state index contributed by atoms with van der Waals surface area (Å²) in [6.07, 6.45) is 0.813. The highest BCUT2D eigenvalue weighted by molar-refractivity contribution is 7.57. The lowest BCUT2D eigenvalue weighted by Crippen LogP contribution is -2.01. The molecule has 0 aromatic carbocycles. The van der Waals surface area contributed by atoms with Gasteiger partial charge in [-0.1, -0.05) is 0 Å². The Labute approximate surface area is 66.0 Å². The Balaban J connectivity index is 3.43. The molecule has 0 radical (unpaired) electrons. The minimum atomic E-state index is -2.94. The molecule has 0 saturated carbocycles. The highest BCUT2D eigenvalue weighted by Crippen LogP contribution is 2.35. The van der Waals surface area contributed by atoms with Crippen LogP contribution in [-0.2, 0) is 14.1 Å². The average molecular weight is 180 g/mol. The lowest BCUT2D eigenvalue weighted by atomic mass is 10.3. The van der Waals surface area contributed by atoms with E-state index in [0.717, 1.165) is 0 Å². The number of ether oxygens (including phenoxy) is 1. The third kappa shape index (κ3) is 7.56. The molecule has 0 aromatic rings. The molecule has 0 aromatic heterocycles. The average Bonchev–Trinajstić information content (AvgIpc) is 1.85.